The first-order chi connectivity index (χ1) is 13.1. The number of rotatable bonds is 6. The van der Waals surface area contributed by atoms with E-state index < -0.39 is 0 Å². The Morgan fingerprint density at radius 3 is 2.52 bits per heavy atom. The molecule has 1 aliphatic heterocycles. The molecule has 0 bridgehead atoms. The van der Waals surface area contributed by atoms with Gasteiger partial charge in [-0.25, -0.2) is 0 Å². The van der Waals surface area contributed by atoms with Crippen LogP contribution in [0.4, 0.5) is 0 Å². The summed E-state index contributed by atoms with van der Waals surface area (Å²) < 4.78 is 11.6. The van der Waals surface area contributed by atoms with E-state index >= 15 is 0 Å². The second-order valence-electron chi connectivity index (χ2n) is 6.98. The second kappa shape index (κ2) is 9.42. The number of nitrogens with one attached hydrogen (secondary N) is 2. The van der Waals surface area contributed by atoms with E-state index in [9.17, 15) is 0 Å². The van der Waals surface area contributed by atoms with Gasteiger partial charge in [0.1, 0.15) is 11.9 Å². The lowest BCUT2D eigenvalue weighted by Crippen LogP contribution is -2.36. The predicted octanol–water partition coefficient (Wildman–Crippen LogP) is 3.34. The maximum atomic E-state index is 6.17. The van der Waals surface area contributed by atoms with Crippen LogP contribution in [0.15, 0.2) is 47.5 Å². The Morgan fingerprint density at radius 2 is 1.81 bits per heavy atom. The van der Waals surface area contributed by atoms with Gasteiger partial charge in [-0.15, -0.1) is 0 Å². The number of guanidine groups is 1. The third-order valence-electron chi connectivity index (χ3n) is 4.65. The molecule has 1 atom stereocenters. The standard InChI is InChI=1S/C22H29N3O2/c1-16-4-7-18(8-5-16)13-24-22(23-3)25-14-19-9-6-17(2)12-21(19)27-20-10-11-26-15-20/h4-9,12,20H,10-11,13-15H2,1-3H3,(H2,23,24,25). The van der Waals surface area contributed by atoms with Gasteiger partial charge in [-0.1, -0.05) is 42.0 Å². The summed E-state index contributed by atoms with van der Waals surface area (Å²) in [4.78, 5) is 4.32. The number of nitrogens with zero attached hydrogens (tertiary/aromatic N) is 1. The Balaban J connectivity index is 1.58. The van der Waals surface area contributed by atoms with Crippen molar-refractivity contribution in [3.05, 3.63) is 64.7 Å². The molecule has 0 amide bonds. The van der Waals surface area contributed by atoms with E-state index in [1.165, 1.54) is 16.7 Å². The summed E-state index contributed by atoms with van der Waals surface area (Å²) in [6.45, 7) is 7.00. The van der Waals surface area contributed by atoms with Crippen molar-refractivity contribution < 1.29 is 9.47 Å². The molecule has 2 aromatic carbocycles. The third kappa shape index (κ3) is 5.73. The summed E-state index contributed by atoms with van der Waals surface area (Å²) in [5, 5.41) is 6.74. The fourth-order valence-electron chi connectivity index (χ4n) is 2.99. The zero-order valence-electron chi connectivity index (χ0n) is 16.4. The Labute approximate surface area is 161 Å². The number of aryl methyl sites for hydroxylation is 2. The van der Waals surface area contributed by atoms with Crippen LogP contribution in [-0.4, -0.2) is 32.3 Å². The minimum atomic E-state index is 0.143. The molecule has 1 fully saturated rings. The third-order valence-corrected chi connectivity index (χ3v) is 4.65. The molecule has 0 aliphatic carbocycles. The summed E-state index contributed by atoms with van der Waals surface area (Å²) in [6, 6.07) is 14.8. The van der Waals surface area contributed by atoms with Crippen LogP contribution in [-0.2, 0) is 17.8 Å². The highest BCUT2D eigenvalue weighted by atomic mass is 16.5. The average Bonchev–Trinajstić information content (AvgIpc) is 3.18. The van der Waals surface area contributed by atoms with Crippen LogP contribution in [0, 0.1) is 13.8 Å². The first kappa shape index (κ1) is 19.2. The van der Waals surface area contributed by atoms with E-state index in [1.807, 2.05) is 0 Å². The number of hydrogen-bond donors (Lipinski definition) is 2. The molecule has 1 unspecified atom stereocenters. The lowest BCUT2D eigenvalue weighted by Gasteiger charge is -2.18. The molecule has 144 valence electrons. The van der Waals surface area contributed by atoms with Crippen molar-refractivity contribution in [3.8, 4) is 5.75 Å². The summed E-state index contributed by atoms with van der Waals surface area (Å²) in [5.41, 5.74) is 4.80. The largest absolute Gasteiger partial charge is 0.488 e. The lowest BCUT2D eigenvalue weighted by molar-refractivity contribution is 0.140. The zero-order valence-corrected chi connectivity index (χ0v) is 16.4. The van der Waals surface area contributed by atoms with Crippen molar-refractivity contribution in [2.45, 2.75) is 39.5 Å². The molecule has 1 saturated heterocycles. The van der Waals surface area contributed by atoms with E-state index in [0.717, 1.165) is 36.8 Å². The molecule has 1 heterocycles. The van der Waals surface area contributed by atoms with Crippen LogP contribution in [0.25, 0.3) is 0 Å². The fourth-order valence-corrected chi connectivity index (χ4v) is 2.99. The Hall–Kier alpha value is -2.53. The smallest absolute Gasteiger partial charge is 0.191 e. The summed E-state index contributed by atoms with van der Waals surface area (Å²) >= 11 is 0. The minimum absolute atomic E-state index is 0.143. The summed E-state index contributed by atoms with van der Waals surface area (Å²) in [5.74, 6) is 1.69. The van der Waals surface area contributed by atoms with Gasteiger partial charge in [-0.05, 0) is 31.0 Å². The Bertz CT molecular complexity index is 766. The highest BCUT2D eigenvalue weighted by molar-refractivity contribution is 5.79. The minimum Gasteiger partial charge on any atom is -0.488 e. The van der Waals surface area contributed by atoms with Gasteiger partial charge in [0.15, 0.2) is 5.96 Å². The number of benzene rings is 2. The van der Waals surface area contributed by atoms with Crippen molar-refractivity contribution in [3.63, 3.8) is 0 Å². The topological polar surface area (TPSA) is 54.9 Å². The SMILES string of the molecule is CN=C(NCc1ccc(C)cc1)NCc1ccc(C)cc1OC1CCOC1. The van der Waals surface area contributed by atoms with Crippen molar-refractivity contribution in [2.24, 2.45) is 4.99 Å². The predicted molar refractivity (Wildman–Crippen MR) is 109 cm³/mol. The van der Waals surface area contributed by atoms with Gasteiger partial charge in [0.2, 0.25) is 0 Å². The van der Waals surface area contributed by atoms with E-state index in [1.54, 1.807) is 7.05 Å². The molecule has 27 heavy (non-hydrogen) atoms. The molecule has 0 aromatic heterocycles. The summed E-state index contributed by atoms with van der Waals surface area (Å²) in [7, 11) is 1.78. The van der Waals surface area contributed by atoms with Gasteiger partial charge < -0.3 is 20.1 Å². The Kier molecular flexibility index (Phi) is 6.71. The van der Waals surface area contributed by atoms with Gasteiger partial charge in [-0.2, -0.15) is 0 Å². The number of ether oxygens (including phenoxy) is 2. The molecule has 2 N–H and O–H groups in total. The second-order valence-corrected chi connectivity index (χ2v) is 6.98. The van der Waals surface area contributed by atoms with E-state index in [-0.39, 0.29) is 6.10 Å². The average molecular weight is 367 g/mol. The normalized spacial score (nSPS) is 17.0. The van der Waals surface area contributed by atoms with Crippen LogP contribution in [0.2, 0.25) is 0 Å². The molecule has 0 saturated carbocycles. The van der Waals surface area contributed by atoms with Crippen molar-refractivity contribution >= 4 is 5.96 Å². The van der Waals surface area contributed by atoms with Gasteiger partial charge in [0.25, 0.3) is 0 Å². The van der Waals surface area contributed by atoms with Crippen LogP contribution in [0.1, 0.15) is 28.7 Å². The quantitative estimate of drug-likeness (QED) is 0.607. The molecular weight excluding hydrogens is 338 g/mol. The summed E-state index contributed by atoms with van der Waals surface area (Å²) in [6.07, 6.45) is 1.09. The monoisotopic (exact) mass is 367 g/mol. The van der Waals surface area contributed by atoms with E-state index in [0.29, 0.717) is 13.2 Å². The fraction of sp³-hybridized carbons (Fsp3) is 0.409. The molecule has 3 rings (SSSR count). The van der Waals surface area contributed by atoms with Crippen LogP contribution < -0.4 is 15.4 Å². The first-order valence-electron chi connectivity index (χ1n) is 9.48. The highest BCUT2D eigenvalue weighted by Crippen LogP contribution is 2.23. The number of aliphatic imine (C=N–C) groups is 1. The van der Waals surface area contributed by atoms with E-state index in [4.69, 9.17) is 9.47 Å². The zero-order chi connectivity index (χ0) is 19.1. The van der Waals surface area contributed by atoms with Gasteiger partial charge >= 0.3 is 0 Å². The van der Waals surface area contributed by atoms with Crippen molar-refractivity contribution in [1.29, 1.82) is 0 Å². The lowest BCUT2D eigenvalue weighted by atomic mass is 10.1. The van der Waals surface area contributed by atoms with Gasteiger partial charge in [-0.3, -0.25) is 4.99 Å². The maximum Gasteiger partial charge on any atom is 0.191 e. The number of hydrogen-bond acceptors (Lipinski definition) is 3. The molecule has 0 radical (unpaired) electrons. The van der Waals surface area contributed by atoms with Crippen LogP contribution in [0.3, 0.4) is 0 Å². The molecule has 5 heteroatoms. The molecule has 2 aromatic rings. The van der Waals surface area contributed by atoms with Crippen molar-refractivity contribution in [1.82, 2.24) is 10.6 Å². The van der Waals surface area contributed by atoms with Crippen molar-refractivity contribution in [2.75, 3.05) is 20.3 Å². The molecule has 1 aliphatic rings. The van der Waals surface area contributed by atoms with Gasteiger partial charge in [0, 0.05) is 32.1 Å². The van der Waals surface area contributed by atoms with Gasteiger partial charge in [0.05, 0.1) is 13.2 Å². The highest BCUT2D eigenvalue weighted by Gasteiger charge is 2.18. The first-order valence-corrected chi connectivity index (χ1v) is 9.48. The molecule has 5 nitrogen and oxygen atoms in total. The molecular formula is C22H29N3O2. The molecule has 0 spiro atoms. The Morgan fingerprint density at radius 1 is 1.07 bits per heavy atom. The van der Waals surface area contributed by atoms with Crippen LogP contribution in [0.5, 0.6) is 5.75 Å². The van der Waals surface area contributed by atoms with E-state index in [2.05, 4.69) is 71.9 Å². The maximum absolute atomic E-state index is 6.17. The van der Waals surface area contributed by atoms with Crippen LogP contribution >= 0.6 is 0 Å².